The summed E-state index contributed by atoms with van der Waals surface area (Å²) < 4.78 is 0. The van der Waals surface area contributed by atoms with Gasteiger partial charge in [-0.3, -0.25) is 4.90 Å². The fraction of sp³-hybridized carbons (Fsp3) is 1.00. The Labute approximate surface area is 173 Å². The van der Waals surface area contributed by atoms with Crippen LogP contribution in [-0.4, -0.2) is 111 Å². The molecule has 0 radical (unpaired) electrons. The van der Waals surface area contributed by atoms with E-state index < -0.39 is 0 Å². The van der Waals surface area contributed by atoms with Crippen molar-refractivity contribution >= 4 is 0 Å². The zero-order chi connectivity index (χ0) is 19.2. The van der Waals surface area contributed by atoms with Crippen LogP contribution in [0.25, 0.3) is 0 Å². The van der Waals surface area contributed by atoms with Crippen LogP contribution in [-0.2, 0) is 0 Å². The predicted octanol–water partition coefficient (Wildman–Crippen LogP) is 1.80. The van der Waals surface area contributed by atoms with Gasteiger partial charge in [-0.25, -0.2) is 0 Å². The van der Waals surface area contributed by atoms with Crippen LogP contribution in [0.5, 0.6) is 0 Å². The van der Waals surface area contributed by atoms with Crippen molar-refractivity contribution in [3.8, 4) is 0 Å². The molecule has 4 fully saturated rings. The number of piperidine rings is 3. The minimum Gasteiger partial charge on any atom is -0.314 e. The van der Waals surface area contributed by atoms with Crippen LogP contribution >= 0.6 is 0 Å². The number of piperazine rings is 1. The molecule has 162 valence electrons. The maximum Gasteiger partial charge on any atom is 0.0223 e. The van der Waals surface area contributed by atoms with E-state index in [-0.39, 0.29) is 0 Å². The summed E-state index contributed by atoms with van der Waals surface area (Å²) in [6, 6.07) is 0.843. The highest BCUT2D eigenvalue weighted by Gasteiger charge is 2.30. The van der Waals surface area contributed by atoms with Crippen molar-refractivity contribution in [3.05, 3.63) is 0 Å². The van der Waals surface area contributed by atoms with Gasteiger partial charge in [0.15, 0.2) is 0 Å². The zero-order valence-corrected chi connectivity index (χ0v) is 18.5. The largest absolute Gasteiger partial charge is 0.314 e. The molecule has 4 rings (SSSR count). The van der Waals surface area contributed by atoms with E-state index in [1.807, 2.05) is 0 Å². The van der Waals surface area contributed by atoms with Crippen molar-refractivity contribution < 1.29 is 0 Å². The van der Waals surface area contributed by atoms with E-state index in [9.17, 15) is 0 Å². The SMILES string of the molecule is CCN1CCCC(N2CCC(CN3CCC(CN4CCNCC4)CC3)CC2)C1. The number of nitrogens with one attached hydrogen (secondary N) is 1. The van der Waals surface area contributed by atoms with Crippen LogP contribution in [0.3, 0.4) is 0 Å². The van der Waals surface area contributed by atoms with E-state index in [0.717, 1.165) is 17.9 Å². The highest BCUT2D eigenvalue weighted by molar-refractivity contribution is 4.85. The number of nitrogens with zero attached hydrogens (tertiary/aromatic N) is 4. The molecule has 4 aliphatic heterocycles. The van der Waals surface area contributed by atoms with Gasteiger partial charge in [0.25, 0.3) is 0 Å². The fourth-order valence-corrected chi connectivity index (χ4v) is 6.09. The van der Waals surface area contributed by atoms with Gasteiger partial charge in [-0.2, -0.15) is 0 Å². The van der Waals surface area contributed by atoms with Crippen molar-refractivity contribution in [2.24, 2.45) is 11.8 Å². The molecule has 0 aromatic rings. The molecule has 1 atom stereocenters. The van der Waals surface area contributed by atoms with E-state index >= 15 is 0 Å². The molecule has 5 nitrogen and oxygen atoms in total. The fourth-order valence-electron chi connectivity index (χ4n) is 6.09. The van der Waals surface area contributed by atoms with Gasteiger partial charge in [-0.05, 0) is 89.6 Å². The summed E-state index contributed by atoms with van der Waals surface area (Å²) in [5.41, 5.74) is 0. The second kappa shape index (κ2) is 10.7. The third-order valence-electron chi connectivity index (χ3n) is 8.04. The third-order valence-corrected chi connectivity index (χ3v) is 8.04. The first-order chi connectivity index (χ1) is 13.8. The minimum absolute atomic E-state index is 0.843. The molecule has 0 bridgehead atoms. The molecule has 0 aromatic heterocycles. The van der Waals surface area contributed by atoms with Gasteiger partial charge >= 0.3 is 0 Å². The Morgan fingerprint density at radius 3 is 1.93 bits per heavy atom. The van der Waals surface area contributed by atoms with E-state index in [0.29, 0.717) is 0 Å². The molecular formula is C23H45N5. The van der Waals surface area contributed by atoms with Crippen LogP contribution in [0.1, 0.15) is 45.4 Å². The Balaban J connectivity index is 1.12. The zero-order valence-electron chi connectivity index (χ0n) is 18.5. The summed E-state index contributed by atoms with van der Waals surface area (Å²) in [6.45, 7) is 19.2. The summed E-state index contributed by atoms with van der Waals surface area (Å²) >= 11 is 0. The highest BCUT2D eigenvalue weighted by Crippen LogP contribution is 2.26. The van der Waals surface area contributed by atoms with E-state index in [2.05, 4.69) is 31.8 Å². The van der Waals surface area contributed by atoms with Crippen LogP contribution in [0.15, 0.2) is 0 Å². The molecule has 0 spiro atoms. The Hall–Kier alpha value is -0.200. The van der Waals surface area contributed by atoms with Crippen molar-refractivity contribution in [3.63, 3.8) is 0 Å². The average Bonchev–Trinajstić information content (AvgIpc) is 2.76. The number of likely N-dealkylation sites (tertiary alicyclic amines) is 3. The van der Waals surface area contributed by atoms with Gasteiger partial charge in [-0.1, -0.05) is 6.92 Å². The smallest absolute Gasteiger partial charge is 0.0223 e. The van der Waals surface area contributed by atoms with Crippen molar-refractivity contribution in [1.29, 1.82) is 0 Å². The number of rotatable bonds is 6. The molecule has 28 heavy (non-hydrogen) atoms. The molecule has 0 amide bonds. The first-order valence-corrected chi connectivity index (χ1v) is 12.4. The van der Waals surface area contributed by atoms with Gasteiger partial charge in [0.05, 0.1) is 0 Å². The highest BCUT2D eigenvalue weighted by atomic mass is 15.2. The second-order valence-electron chi connectivity index (χ2n) is 9.96. The number of hydrogen-bond acceptors (Lipinski definition) is 5. The Morgan fingerprint density at radius 1 is 0.679 bits per heavy atom. The van der Waals surface area contributed by atoms with Crippen molar-refractivity contribution in [2.45, 2.75) is 51.5 Å². The first-order valence-electron chi connectivity index (χ1n) is 12.4. The maximum absolute atomic E-state index is 3.48. The molecule has 1 unspecified atom stereocenters. The van der Waals surface area contributed by atoms with E-state index in [4.69, 9.17) is 0 Å². The minimum atomic E-state index is 0.843. The molecule has 0 aliphatic carbocycles. The van der Waals surface area contributed by atoms with Gasteiger partial charge in [-0.15, -0.1) is 0 Å². The summed E-state index contributed by atoms with van der Waals surface area (Å²) in [5, 5.41) is 3.48. The molecule has 1 N–H and O–H groups in total. The average molecular weight is 392 g/mol. The van der Waals surface area contributed by atoms with E-state index in [1.54, 1.807) is 0 Å². The monoisotopic (exact) mass is 391 g/mol. The van der Waals surface area contributed by atoms with Gasteiger partial charge in [0.2, 0.25) is 0 Å². The van der Waals surface area contributed by atoms with Crippen LogP contribution in [0.2, 0.25) is 0 Å². The Bertz CT molecular complexity index is 436. The quantitative estimate of drug-likeness (QED) is 0.745. The summed E-state index contributed by atoms with van der Waals surface area (Å²) in [7, 11) is 0. The normalized spacial score (nSPS) is 31.4. The van der Waals surface area contributed by atoms with Crippen molar-refractivity contribution in [2.75, 3.05) is 85.1 Å². The topological polar surface area (TPSA) is 25.0 Å². The molecule has 4 heterocycles. The lowest BCUT2D eigenvalue weighted by Crippen LogP contribution is -2.51. The number of likely N-dealkylation sites (N-methyl/N-ethyl adjacent to an activating group) is 1. The third kappa shape index (κ3) is 5.91. The maximum atomic E-state index is 3.48. The molecule has 0 saturated carbocycles. The van der Waals surface area contributed by atoms with E-state index in [1.165, 1.54) is 124 Å². The van der Waals surface area contributed by atoms with Crippen LogP contribution in [0, 0.1) is 11.8 Å². The second-order valence-corrected chi connectivity index (χ2v) is 9.96. The molecule has 5 heteroatoms. The Kier molecular flexibility index (Phi) is 8.06. The lowest BCUT2D eigenvalue weighted by atomic mass is 9.91. The standard InChI is InChI=1S/C23H45N5/c1-2-25-11-3-4-23(20-25)28-14-7-22(8-15-28)18-26-12-5-21(6-13-26)19-27-16-9-24-10-17-27/h21-24H,2-20H2,1H3. The van der Waals surface area contributed by atoms with Crippen LogP contribution in [0.4, 0.5) is 0 Å². The molecular weight excluding hydrogens is 346 g/mol. The first kappa shape index (κ1) is 21.0. The molecule has 0 aromatic carbocycles. The summed E-state index contributed by atoms with van der Waals surface area (Å²) in [5.74, 6) is 1.90. The van der Waals surface area contributed by atoms with Gasteiger partial charge < -0.3 is 20.0 Å². The van der Waals surface area contributed by atoms with Crippen molar-refractivity contribution in [1.82, 2.24) is 24.9 Å². The molecule has 4 saturated heterocycles. The summed E-state index contributed by atoms with van der Waals surface area (Å²) in [6.07, 6.45) is 8.56. The molecule has 4 aliphatic rings. The van der Waals surface area contributed by atoms with Gasteiger partial charge in [0.1, 0.15) is 0 Å². The number of hydrogen-bond donors (Lipinski definition) is 1. The van der Waals surface area contributed by atoms with Gasteiger partial charge in [0, 0.05) is 51.9 Å². The van der Waals surface area contributed by atoms with Crippen LogP contribution < -0.4 is 5.32 Å². The lowest BCUT2D eigenvalue weighted by Gasteiger charge is -2.43. The summed E-state index contributed by atoms with van der Waals surface area (Å²) in [4.78, 5) is 11.0. The predicted molar refractivity (Wildman–Crippen MR) is 118 cm³/mol. The Morgan fingerprint density at radius 2 is 1.29 bits per heavy atom. The lowest BCUT2D eigenvalue weighted by molar-refractivity contribution is 0.0568.